The number of anilines is 1. The molecule has 0 aliphatic rings. The van der Waals surface area contributed by atoms with Crippen molar-refractivity contribution in [1.82, 2.24) is 5.32 Å². The van der Waals surface area contributed by atoms with Gasteiger partial charge in [-0.25, -0.2) is 0 Å². The van der Waals surface area contributed by atoms with Gasteiger partial charge >= 0.3 is 0 Å². The van der Waals surface area contributed by atoms with E-state index >= 15 is 0 Å². The van der Waals surface area contributed by atoms with E-state index in [1.54, 1.807) is 7.11 Å². The van der Waals surface area contributed by atoms with Crippen LogP contribution in [0.25, 0.3) is 0 Å². The summed E-state index contributed by atoms with van der Waals surface area (Å²) in [5.41, 5.74) is 3.82. The van der Waals surface area contributed by atoms with Crippen LogP contribution >= 0.6 is 12.4 Å². The van der Waals surface area contributed by atoms with E-state index in [-0.39, 0.29) is 12.4 Å². The second-order valence-corrected chi connectivity index (χ2v) is 5.38. The van der Waals surface area contributed by atoms with Gasteiger partial charge in [-0.2, -0.15) is 0 Å². The van der Waals surface area contributed by atoms with Crippen LogP contribution in [0.3, 0.4) is 0 Å². The van der Waals surface area contributed by atoms with Crippen molar-refractivity contribution < 1.29 is 4.74 Å². The number of rotatable bonds is 6. The highest BCUT2D eigenvalue weighted by molar-refractivity contribution is 5.85. The molecule has 120 valence electrons. The van der Waals surface area contributed by atoms with Crippen molar-refractivity contribution in [2.45, 2.75) is 12.5 Å². The summed E-state index contributed by atoms with van der Waals surface area (Å²) in [5.74, 6) is 0.898. The lowest BCUT2D eigenvalue weighted by molar-refractivity contribution is 0.414. The summed E-state index contributed by atoms with van der Waals surface area (Å²) in [6.45, 7) is 0. The molecule has 0 saturated carbocycles. The van der Waals surface area contributed by atoms with Crippen molar-refractivity contribution in [3.8, 4) is 5.75 Å². The third kappa shape index (κ3) is 4.65. The number of halogens is 1. The Hall–Kier alpha value is -1.71. The molecule has 0 fully saturated rings. The molecule has 22 heavy (non-hydrogen) atoms. The molecule has 0 aromatic heterocycles. The minimum absolute atomic E-state index is 0. The molecule has 0 spiro atoms. The molecule has 3 nitrogen and oxygen atoms in total. The van der Waals surface area contributed by atoms with Gasteiger partial charge in [-0.1, -0.05) is 24.3 Å². The van der Waals surface area contributed by atoms with E-state index in [2.05, 4.69) is 60.7 Å². The van der Waals surface area contributed by atoms with Gasteiger partial charge in [0.05, 0.1) is 7.11 Å². The van der Waals surface area contributed by atoms with E-state index in [0.717, 1.165) is 12.2 Å². The number of ether oxygens (including phenoxy) is 1. The van der Waals surface area contributed by atoms with Crippen molar-refractivity contribution in [3.05, 3.63) is 59.7 Å². The Bertz CT molecular complexity index is 552. The highest BCUT2D eigenvalue weighted by Crippen LogP contribution is 2.22. The SMILES string of the molecule is CNC(Cc1ccc(OC)cc1)c1ccc(N(C)C)cc1.Cl. The van der Waals surface area contributed by atoms with Crippen LogP contribution in [0.2, 0.25) is 0 Å². The summed E-state index contributed by atoms with van der Waals surface area (Å²) >= 11 is 0. The van der Waals surface area contributed by atoms with E-state index in [1.165, 1.54) is 16.8 Å². The highest BCUT2D eigenvalue weighted by Gasteiger charge is 2.10. The average molecular weight is 321 g/mol. The van der Waals surface area contributed by atoms with Crippen LogP contribution < -0.4 is 15.0 Å². The predicted molar refractivity (Wildman–Crippen MR) is 96.5 cm³/mol. The van der Waals surface area contributed by atoms with Gasteiger partial charge in [0.1, 0.15) is 5.75 Å². The summed E-state index contributed by atoms with van der Waals surface area (Å²) in [7, 11) is 7.82. The zero-order valence-corrected chi connectivity index (χ0v) is 14.5. The zero-order chi connectivity index (χ0) is 15.2. The zero-order valence-electron chi connectivity index (χ0n) is 13.7. The Kier molecular flexibility index (Phi) is 7.22. The quantitative estimate of drug-likeness (QED) is 0.878. The van der Waals surface area contributed by atoms with Gasteiger partial charge in [0, 0.05) is 25.8 Å². The summed E-state index contributed by atoms with van der Waals surface area (Å²) in [5, 5.41) is 3.40. The van der Waals surface area contributed by atoms with Gasteiger partial charge in [0.25, 0.3) is 0 Å². The van der Waals surface area contributed by atoms with Crippen molar-refractivity contribution in [1.29, 1.82) is 0 Å². The fourth-order valence-electron chi connectivity index (χ4n) is 2.39. The van der Waals surface area contributed by atoms with Crippen LogP contribution in [-0.2, 0) is 6.42 Å². The number of nitrogens with zero attached hydrogens (tertiary/aromatic N) is 1. The topological polar surface area (TPSA) is 24.5 Å². The first-order valence-corrected chi connectivity index (χ1v) is 7.21. The monoisotopic (exact) mass is 320 g/mol. The van der Waals surface area contributed by atoms with Crippen LogP contribution in [-0.4, -0.2) is 28.3 Å². The minimum atomic E-state index is 0. The molecule has 0 heterocycles. The molecule has 0 bridgehead atoms. The van der Waals surface area contributed by atoms with E-state index in [1.807, 2.05) is 19.2 Å². The normalized spacial score (nSPS) is 11.5. The van der Waals surface area contributed by atoms with Crippen LogP contribution in [0.15, 0.2) is 48.5 Å². The minimum Gasteiger partial charge on any atom is -0.497 e. The van der Waals surface area contributed by atoms with Gasteiger partial charge in [-0.05, 0) is 48.9 Å². The van der Waals surface area contributed by atoms with Gasteiger partial charge in [-0.15, -0.1) is 12.4 Å². The van der Waals surface area contributed by atoms with Crippen LogP contribution in [0, 0.1) is 0 Å². The first-order valence-electron chi connectivity index (χ1n) is 7.21. The number of hydrogen-bond acceptors (Lipinski definition) is 3. The largest absolute Gasteiger partial charge is 0.497 e. The van der Waals surface area contributed by atoms with Gasteiger partial charge < -0.3 is 15.0 Å². The number of hydrogen-bond donors (Lipinski definition) is 1. The van der Waals surface area contributed by atoms with Crippen LogP contribution in [0.4, 0.5) is 5.69 Å². The number of methoxy groups -OCH3 is 1. The molecule has 2 aromatic rings. The van der Waals surface area contributed by atoms with Gasteiger partial charge in [0.2, 0.25) is 0 Å². The lowest BCUT2D eigenvalue weighted by atomic mass is 9.98. The van der Waals surface area contributed by atoms with Crippen LogP contribution in [0.5, 0.6) is 5.75 Å². The standard InChI is InChI=1S/C18H24N2O.ClH/c1-19-18(13-14-5-11-17(21-4)12-6-14)15-7-9-16(10-8-15)20(2)3;/h5-12,18-19H,13H2,1-4H3;1H. The highest BCUT2D eigenvalue weighted by atomic mass is 35.5. The average Bonchev–Trinajstić information content (AvgIpc) is 2.53. The maximum atomic E-state index is 5.20. The molecule has 1 atom stereocenters. The van der Waals surface area contributed by atoms with E-state index in [9.17, 15) is 0 Å². The number of nitrogens with one attached hydrogen (secondary N) is 1. The predicted octanol–water partition coefficient (Wildman–Crippen LogP) is 3.69. The smallest absolute Gasteiger partial charge is 0.118 e. The lowest BCUT2D eigenvalue weighted by Gasteiger charge is -2.19. The first-order chi connectivity index (χ1) is 10.1. The third-order valence-electron chi connectivity index (χ3n) is 3.76. The summed E-state index contributed by atoms with van der Waals surface area (Å²) in [6.07, 6.45) is 0.960. The summed E-state index contributed by atoms with van der Waals surface area (Å²) < 4.78 is 5.20. The maximum Gasteiger partial charge on any atom is 0.118 e. The second-order valence-electron chi connectivity index (χ2n) is 5.38. The molecule has 0 aliphatic heterocycles. The number of benzene rings is 2. The van der Waals surface area contributed by atoms with Gasteiger partial charge in [-0.3, -0.25) is 0 Å². The van der Waals surface area contributed by atoms with E-state index < -0.39 is 0 Å². The molecule has 0 saturated heterocycles. The first kappa shape index (κ1) is 18.3. The Morgan fingerprint density at radius 1 is 1.00 bits per heavy atom. The van der Waals surface area contributed by atoms with Crippen molar-refractivity contribution in [3.63, 3.8) is 0 Å². The summed E-state index contributed by atoms with van der Waals surface area (Å²) in [4.78, 5) is 2.11. The molecule has 0 amide bonds. The fourth-order valence-corrected chi connectivity index (χ4v) is 2.39. The number of likely N-dealkylation sites (N-methyl/N-ethyl adjacent to an activating group) is 1. The van der Waals surface area contributed by atoms with Gasteiger partial charge in [0.15, 0.2) is 0 Å². The molecule has 0 aliphatic carbocycles. The molecule has 2 rings (SSSR count). The molecule has 2 aromatic carbocycles. The Balaban J connectivity index is 0.00000242. The lowest BCUT2D eigenvalue weighted by Crippen LogP contribution is -2.19. The van der Waals surface area contributed by atoms with E-state index in [0.29, 0.717) is 6.04 Å². The Morgan fingerprint density at radius 2 is 1.59 bits per heavy atom. The molecular weight excluding hydrogens is 296 g/mol. The second kappa shape index (κ2) is 8.66. The molecular formula is C18H25ClN2O. The van der Waals surface area contributed by atoms with Crippen LogP contribution in [0.1, 0.15) is 17.2 Å². The Morgan fingerprint density at radius 3 is 2.05 bits per heavy atom. The van der Waals surface area contributed by atoms with Crippen molar-refractivity contribution in [2.24, 2.45) is 0 Å². The fraction of sp³-hybridized carbons (Fsp3) is 0.333. The molecule has 1 N–H and O–H groups in total. The van der Waals surface area contributed by atoms with E-state index in [4.69, 9.17) is 4.74 Å². The maximum absolute atomic E-state index is 5.20. The molecule has 4 heteroatoms. The molecule has 1 unspecified atom stereocenters. The van der Waals surface area contributed by atoms with Crippen molar-refractivity contribution in [2.75, 3.05) is 33.2 Å². The third-order valence-corrected chi connectivity index (χ3v) is 3.76. The van der Waals surface area contributed by atoms with Crippen molar-refractivity contribution >= 4 is 18.1 Å². The summed E-state index contributed by atoms with van der Waals surface area (Å²) in [6, 6.07) is 17.3. The Labute approximate surface area is 139 Å². The molecule has 0 radical (unpaired) electrons.